The van der Waals surface area contributed by atoms with Crippen LogP contribution in [-0.4, -0.2) is 17.0 Å². The SMILES string of the molecule is CC(C)(C(=O)O)C(=O)OC1(c2ccc3ccccc3c2)CCCCC1. The maximum absolute atomic E-state index is 12.6. The van der Waals surface area contributed by atoms with Crippen LogP contribution in [0.1, 0.15) is 51.5 Å². The number of benzene rings is 2. The van der Waals surface area contributed by atoms with Crippen molar-refractivity contribution < 1.29 is 19.4 Å². The van der Waals surface area contributed by atoms with E-state index in [2.05, 4.69) is 6.07 Å². The molecule has 0 heterocycles. The third kappa shape index (κ3) is 3.26. The fourth-order valence-corrected chi connectivity index (χ4v) is 3.44. The first kappa shape index (κ1) is 17.5. The molecule has 1 fully saturated rings. The van der Waals surface area contributed by atoms with Crippen molar-refractivity contribution in [3.05, 3.63) is 48.0 Å². The molecule has 0 aromatic heterocycles. The minimum absolute atomic E-state index is 0.671. The summed E-state index contributed by atoms with van der Waals surface area (Å²) >= 11 is 0. The molecule has 0 saturated heterocycles. The summed E-state index contributed by atoms with van der Waals surface area (Å²) in [7, 11) is 0. The number of ether oxygens (including phenoxy) is 1. The van der Waals surface area contributed by atoms with E-state index in [0.717, 1.165) is 48.4 Å². The Kier molecular flexibility index (Phi) is 4.55. The molecule has 0 radical (unpaired) electrons. The monoisotopic (exact) mass is 340 g/mol. The molecule has 1 N–H and O–H groups in total. The van der Waals surface area contributed by atoms with Crippen molar-refractivity contribution in [1.29, 1.82) is 0 Å². The number of carbonyl (C=O) groups is 2. The number of carboxylic acids is 1. The third-order valence-electron chi connectivity index (χ3n) is 5.27. The van der Waals surface area contributed by atoms with Crippen LogP contribution in [0.3, 0.4) is 0 Å². The molecule has 1 aliphatic rings. The Hall–Kier alpha value is -2.36. The molecule has 0 atom stereocenters. The predicted molar refractivity (Wildman–Crippen MR) is 96.2 cm³/mol. The van der Waals surface area contributed by atoms with Crippen LogP contribution in [0.15, 0.2) is 42.5 Å². The average molecular weight is 340 g/mol. The van der Waals surface area contributed by atoms with Gasteiger partial charge in [-0.1, -0.05) is 42.8 Å². The minimum Gasteiger partial charge on any atom is -0.480 e. The lowest BCUT2D eigenvalue weighted by Crippen LogP contribution is -2.42. The molecule has 0 bridgehead atoms. The van der Waals surface area contributed by atoms with Gasteiger partial charge in [0, 0.05) is 0 Å². The van der Waals surface area contributed by atoms with E-state index in [-0.39, 0.29) is 0 Å². The van der Waals surface area contributed by atoms with E-state index in [1.807, 2.05) is 36.4 Å². The topological polar surface area (TPSA) is 63.6 Å². The zero-order chi connectivity index (χ0) is 18.1. The van der Waals surface area contributed by atoms with E-state index in [4.69, 9.17) is 4.74 Å². The van der Waals surface area contributed by atoms with Crippen molar-refractivity contribution in [2.45, 2.75) is 51.6 Å². The standard InChI is InChI=1S/C21H24O4/c1-20(2,18(22)23)19(24)25-21(12-6-3-7-13-21)17-11-10-15-8-4-5-9-16(15)14-17/h4-5,8-11,14H,3,6-7,12-13H2,1-2H3,(H,22,23). The summed E-state index contributed by atoms with van der Waals surface area (Å²) in [5, 5.41) is 11.6. The Labute approximate surface area is 147 Å². The van der Waals surface area contributed by atoms with E-state index in [0.29, 0.717) is 0 Å². The fraction of sp³-hybridized carbons (Fsp3) is 0.429. The smallest absolute Gasteiger partial charge is 0.323 e. The number of carbonyl (C=O) groups excluding carboxylic acids is 1. The molecular formula is C21H24O4. The quantitative estimate of drug-likeness (QED) is 0.650. The zero-order valence-electron chi connectivity index (χ0n) is 14.7. The average Bonchev–Trinajstić information content (AvgIpc) is 2.61. The van der Waals surface area contributed by atoms with Gasteiger partial charge in [-0.2, -0.15) is 0 Å². The molecule has 25 heavy (non-hydrogen) atoms. The summed E-state index contributed by atoms with van der Waals surface area (Å²) < 4.78 is 5.92. The van der Waals surface area contributed by atoms with Crippen LogP contribution in [0.2, 0.25) is 0 Å². The summed E-state index contributed by atoms with van der Waals surface area (Å²) in [6.45, 7) is 2.79. The lowest BCUT2D eigenvalue weighted by atomic mass is 9.78. The van der Waals surface area contributed by atoms with E-state index >= 15 is 0 Å². The van der Waals surface area contributed by atoms with E-state index in [1.54, 1.807) is 0 Å². The van der Waals surface area contributed by atoms with Gasteiger partial charge < -0.3 is 9.84 Å². The Morgan fingerprint density at radius 3 is 2.28 bits per heavy atom. The van der Waals surface area contributed by atoms with Crippen molar-refractivity contribution in [2.24, 2.45) is 5.41 Å². The van der Waals surface area contributed by atoms with Crippen LogP contribution in [0.4, 0.5) is 0 Å². The molecule has 0 amide bonds. The number of hydrogen-bond donors (Lipinski definition) is 1. The summed E-state index contributed by atoms with van der Waals surface area (Å²) in [5.74, 6) is -1.84. The molecule has 2 aromatic rings. The minimum atomic E-state index is -1.55. The molecule has 132 valence electrons. The van der Waals surface area contributed by atoms with Crippen molar-refractivity contribution in [2.75, 3.05) is 0 Å². The predicted octanol–water partition coefficient (Wildman–Crippen LogP) is 4.65. The number of fused-ring (bicyclic) bond motifs is 1. The molecule has 0 aliphatic heterocycles. The lowest BCUT2D eigenvalue weighted by Gasteiger charge is -2.39. The van der Waals surface area contributed by atoms with Crippen LogP contribution < -0.4 is 0 Å². The highest BCUT2D eigenvalue weighted by Crippen LogP contribution is 2.42. The highest BCUT2D eigenvalue weighted by molar-refractivity contribution is 5.98. The first-order valence-electron chi connectivity index (χ1n) is 8.81. The number of rotatable bonds is 4. The summed E-state index contributed by atoms with van der Waals surface area (Å²) in [6.07, 6.45) is 4.50. The second-order valence-corrected chi connectivity index (χ2v) is 7.44. The normalized spacial score (nSPS) is 17.2. The van der Waals surface area contributed by atoms with Crippen molar-refractivity contribution in [3.8, 4) is 0 Å². The zero-order valence-corrected chi connectivity index (χ0v) is 14.7. The number of hydrogen-bond acceptors (Lipinski definition) is 3. The second kappa shape index (κ2) is 6.51. The highest BCUT2D eigenvalue weighted by atomic mass is 16.6. The number of esters is 1. The van der Waals surface area contributed by atoms with Crippen LogP contribution in [0.5, 0.6) is 0 Å². The Morgan fingerprint density at radius 2 is 1.64 bits per heavy atom. The van der Waals surface area contributed by atoms with Crippen LogP contribution in [-0.2, 0) is 19.9 Å². The van der Waals surface area contributed by atoms with Gasteiger partial charge in [0.2, 0.25) is 0 Å². The lowest BCUT2D eigenvalue weighted by molar-refractivity contribution is -0.182. The van der Waals surface area contributed by atoms with E-state index in [9.17, 15) is 14.7 Å². The van der Waals surface area contributed by atoms with Gasteiger partial charge in [-0.3, -0.25) is 9.59 Å². The maximum atomic E-state index is 12.6. The molecule has 4 nitrogen and oxygen atoms in total. The van der Waals surface area contributed by atoms with Gasteiger partial charge in [0.05, 0.1) is 0 Å². The van der Waals surface area contributed by atoms with Gasteiger partial charge in [-0.25, -0.2) is 0 Å². The molecule has 1 aliphatic carbocycles. The number of aliphatic carboxylic acids is 1. The molecule has 3 rings (SSSR count). The van der Waals surface area contributed by atoms with Gasteiger partial charge in [0.25, 0.3) is 0 Å². The van der Waals surface area contributed by atoms with Gasteiger partial charge in [0.1, 0.15) is 5.60 Å². The van der Waals surface area contributed by atoms with Crippen LogP contribution in [0, 0.1) is 5.41 Å². The van der Waals surface area contributed by atoms with Crippen molar-refractivity contribution >= 4 is 22.7 Å². The van der Waals surface area contributed by atoms with Crippen molar-refractivity contribution in [1.82, 2.24) is 0 Å². The molecule has 0 unspecified atom stereocenters. The Balaban J connectivity index is 2.00. The summed E-state index contributed by atoms with van der Waals surface area (Å²) in [6, 6.07) is 14.2. The molecule has 2 aromatic carbocycles. The van der Waals surface area contributed by atoms with Gasteiger partial charge in [-0.05, 0) is 61.9 Å². The van der Waals surface area contributed by atoms with Crippen LogP contribution in [0.25, 0.3) is 10.8 Å². The van der Waals surface area contributed by atoms with Crippen molar-refractivity contribution in [3.63, 3.8) is 0 Å². The first-order valence-corrected chi connectivity index (χ1v) is 8.81. The summed E-state index contributed by atoms with van der Waals surface area (Å²) in [4.78, 5) is 24.0. The Morgan fingerprint density at radius 1 is 1.00 bits per heavy atom. The summed E-state index contributed by atoms with van der Waals surface area (Å²) in [5.41, 5.74) is -1.33. The molecular weight excluding hydrogens is 316 g/mol. The molecule has 4 heteroatoms. The van der Waals surface area contributed by atoms with E-state index in [1.165, 1.54) is 13.8 Å². The molecule has 0 spiro atoms. The Bertz CT molecular complexity index is 800. The van der Waals surface area contributed by atoms with Gasteiger partial charge >= 0.3 is 11.9 Å². The van der Waals surface area contributed by atoms with Crippen LogP contribution >= 0.6 is 0 Å². The van der Waals surface area contributed by atoms with Gasteiger partial charge in [0.15, 0.2) is 5.41 Å². The number of carboxylic acid groups (broad SMARTS) is 1. The van der Waals surface area contributed by atoms with E-state index < -0.39 is 23.0 Å². The molecule has 1 saturated carbocycles. The second-order valence-electron chi connectivity index (χ2n) is 7.44. The van der Waals surface area contributed by atoms with Gasteiger partial charge in [-0.15, -0.1) is 0 Å². The maximum Gasteiger partial charge on any atom is 0.323 e. The third-order valence-corrected chi connectivity index (χ3v) is 5.27. The fourth-order valence-electron chi connectivity index (χ4n) is 3.44. The largest absolute Gasteiger partial charge is 0.480 e. The highest BCUT2D eigenvalue weighted by Gasteiger charge is 2.45. The first-order chi connectivity index (χ1) is 11.8.